The molecule has 0 spiro atoms. The summed E-state index contributed by atoms with van der Waals surface area (Å²) < 4.78 is 18.6. The zero-order valence-corrected chi connectivity index (χ0v) is 12.8. The van der Waals surface area contributed by atoms with Gasteiger partial charge in [0.25, 0.3) is 0 Å². The Morgan fingerprint density at radius 2 is 2.05 bits per heavy atom. The van der Waals surface area contributed by atoms with Crippen molar-refractivity contribution in [3.05, 3.63) is 65.0 Å². The number of hydrogen-bond acceptors (Lipinski definition) is 2. The van der Waals surface area contributed by atoms with E-state index in [4.69, 9.17) is 10.5 Å². The number of hydrogen-bond donors (Lipinski definition) is 2. The van der Waals surface area contributed by atoms with E-state index in [1.165, 1.54) is 6.07 Å². The molecule has 0 aliphatic carbocycles. The van der Waals surface area contributed by atoms with E-state index in [0.717, 1.165) is 16.8 Å². The Bertz CT molecular complexity index is 671. The van der Waals surface area contributed by atoms with Crippen molar-refractivity contribution in [2.45, 2.75) is 20.1 Å². The van der Waals surface area contributed by atoms with Crippen LogP contribution in [-0.2, 0) is 17.9 Å². The molecule has 2 aromatic carbocycles. The summed E-state index contributed by atoms with van der Waals surface area (Å²) in [6.07, 6.45) is 0. The average molecular weight is 301 g/mol. The summed E-state index contributed by atoms with van der Waals surface area (Å²) in [4.78, 5) is 4.24. The number of para-hydroxylation sites is 1. The predicted octanol–water partition coefficient (Wildman–Crippen LogP) is 3.21. The first-order valence-electron chi connectivity index (χ1n) is 6.99. The van der Waals surface area contributed by atoms with Crippen molar-refractivity contribution in [2.24, 2.45) is 10.7 Å². The number of benzene rings is 2. The van der Waals surface area contributed by atoms with E-state index in [9.17, 15) is 4.39 Å². The zero-order chi connectivity index (χ0) is 15.9. The maximum atomic E-state index is 13.5. The van der Waals surface area contributed by atoms with Crippen LogP contribution in [0.3, 0.4) is 0 Å². The smallest absolute Gasteiger partial charge is 0.193 e. The third kappa shape index (κ3) is 4.30. The molecule has 0 aromatic heterocycles. The molecule has 0 saturated carbocycles. The first kappa shape index (κ1) is 16.0. The summed E-state index contributed by atoms with van der Waals surface area (Å²) in [6, 6.07) is 12.7. The molecular formula is C17H20FN3O. The van der Waals surface area contributed by atoms with Crippen LogP contribution in [0.2, 0.25) is 0 Å². The van der Waals surface area contributed by atoms with Crippen LogP contribution in [0.4, 0.5) is 10.1 Å². The van der Waals surface area contributed by atoms with E-state index < -0.39 is 0 Å². The van der Waals surface area contributed by atoms with Crippen LogP contribution >= 0.6 is 0 Å². The lowest BCUT2D eigenvalue weighted by atomic mass is 10.1. The molecule has 0 aliphatic rings. The minimum Gasteiger partial charge on any atom is -0.380 e. The van der Waals surface area contributed by atoms with Crippen LogP contribution in [0.1, 0.15) is 16.7 Å². The van der Waals surface area contributed by atoms with Gasteiger partial charge in [-0.3, -0.25) is 0 Å². The highest BCUT2D eigenvalue weighted by Crippen LogP contribution is 2.15. The van der Waals surface area contributed by atoms with Crippen molar-refractivity contribution in [1.82, 2.24) is 0 Å². The van der Waals surface area contributed by atoms with Crippen LogP contribution < -0.4 is 11.1 Å². The first-order chi connectivity index (χ1) is 10.6. The van der Waals surface area contributed by atoms with Gasteiger partial charge < -0.3 is 15.8 Å². The number of aryl methyl sites for hydroxylation is 1. The molecule has 0 fully saturated rings. The molecule has 0 aliphatic heterocycles. The average Bonchev–Trinajstić information content (AvgIpc) is 2.51. The molecule has 22 heavy (non-hydrogen) atoms. The van der Waals surface area contributed by atoms with E-state index in [-0.39, 0.29) is 11.8 Å². The largest absolute Gasteiger partial charge is 0.380 e. The van der Waals surface area contributed by atoms with Crippen LogP contribution in [0, 0.1) is 12.7 Å². The van der Waals surface area contributed by atoms with Gasteiger partial charge in [0.15, 0.2) is 5.96 Å². The molecule has 5 heteroatoms. The SMILES string of the molecule is COCc1ccccc1NC(N)=NCc1ccc(C)c(F)c1. The van der Waals surface area contributed by atoms with Gasteiger partial charge in [0, 0.05) is 18.4 Å². The molecule has 2 aromatic rings. The van der Waals surface area contributed by atoms with E-state index in [1.807, 2.05) is 30.3 Å². The van der Waals surface area contributed by atoms with Crippen molar-refractivity contribution >= 4 is 11.6 Å². The second-order valence-corrected chi connectivity index (χ2v) is 5.00. The second-order valence-electron chi connectivity index (χ2n) is 5.00. The minimum atomic E-state index is -0.232. The lowest BCUT2D eigenvalue weighted by molar-refractivity contribution is 0.185. The number of ether oxygens (including phenoxy) is 1. The second kappa shape index (κ2) is 7.56. The van der Waals surface area contributed by atoms with Crippen LogP contribution in [0.25, 0.3) is 0 Å². The summed E-state index contributed by atoms with van der Waals surface area (Å²) in [5, 5.41) is 3.05. The van der Waals surface area contributed by atoms with Crippen LogP contribution in [-0.4, -0.2) is 13.1 Å². The van der Waals surface area contributed by atoms with Gasteiger partial charge in [-0.2, -0.15) is 0 Å². The molecular weight excluding hydrogens is 281 g/mol. The Morgan fingerprint density at radius 1 is 1.27 bits per heavy atom. The zero-order valence-electron chi connectivity index (χ0n) is 12.8. The number of anilines is 1. The number of aliphatic imine (C=N–C) groups is 1. The summed E-state index contributed by atoms with van der Waals surface area (Å²) in [7, 11) is 1.64. The Morgan fingerprint density at radius 3 is 2.77 bits per heavy atom. The van der Waals surface area contributed by atoms with Gasteiger partial charge in [0.1, 0.15) is 5.82 Å². The van der Waals surface area contributed by atoms with E-state index in [1.54, 1.807) is 20.1 Å². The highest BCUT2D eigenvalue weighted by Gasteiger charge is 2.03. The van der Waals surface area contributed by atoms with E-state index in [2.05, 4.69) is 10.3 Å². The summed E-state index contributed by atoms with van der Waals surface area (Å²) >= 11 is 0. The van der Waals surface area contributed by atoms with Gasteiger partial charge in [0.2, 0.25) is 0 Å². The maximum absolute atomic E-state index is 13.5. The lowest BCUT2D eigenvalue weighted by Crippen LogP contribution is -2.23. The fourth-order valence-corrected chi connectivity index (χ4v) is 2.01. The highest BCUT2D eigenvalue weighted by molar-refractivity contribution is 5.92. The minimum absolute atomic E-state index is 0.232. The third-order valence-electron chi connectivity index (χ3n) is 3.25. The third-order valence-corrected chi connectivity index (χ3v) is 3.25. The molecule has 0 saturated heterocycles. The van der Waals surface area contributed by atoms with Crippen molar-refractivity contribution in [3.8, 4) is 0 Å². The fraction of sp³-hybridized carbons (Fsp3) is 0.235. The number of nitrogens with zero attached hydrogens (tertiary/aromatic N) is 1. The van der Waals surface area contributed by atoms with Crippen LogP contribution in [0.5, 0.6) is 0 Å². The molecule has 0 radical (unpaired) electrons. The Balaban J connectivity index is 2.05. The first-order valence-corrected chi connectivity index (χ1v) is 6.99. The van der Waals surface area contributed by atoms with Gasteiger partial charge in [-0.05, 0) is 30.2 Å². The van der Waals surface area contributed by atoms with Crippen molar-refractivity contribution < 1.29 is 9.13 Å². The Labute approximate surface area is 129 Å². The Kier molecular flexibility index (Phi) is 5.49. The molecule has 4 nitrogen and oxygen atoms in total. The van der Waals surface area contributed by atoms with Crippen molar-refractivity contribution in [2.75, 3.05) is 12.4 Å². The van der Waals surface area contributed by atoms with Gasteiger partial charge in [0.05, 0.1) is 13.2 Å². The summed E-state index contributed by atoms with van der Waals surface area (Å²) in [5.74, 6) is 0.0502. The molecule has 3 N–H and O–H groups in total. The summed E-state index contributed by atoms with van der Waals surface area (Å²) in [5.41, 5.74) is 9.12. The van der Waals surface area contributed by atoms with Gasteiger partial charge in [-0.1, -0.05) is 30.3 Å². The van der Waals surface area contributed by atoms with Gasteiger partial charge in [-0.15, -0.1) is 0 Å². The number of nitrogens with two attached hydrogens (primary N) is 1. The van der Waals surface area contributed by atoms with Gasteiger partial charge >= 0.3 is 0 Å². The molecule has 116 valence electrons. The molecule has 0 heterocycles. The number of rotatable bonds is 5. The number of methoxy groups -OCH3 is 1. The maximum Gasteiger partial charge on any atom is 0.193 e. The van der Waals surface area contributed by atoms with Crippen molar-refractivity contribution in [3.63, 3.8) is 0 Å². The Hall–Kier alpha value is -2.40. The molecule has 0 bridgehead atoms. The van der Waals surface area contributed by atoms with Gasteiger partial charge in [-0.25, -0.2) is 9.38 Å². The van der Waals surface area contributed by atoms with Crippen LogP contribution in [0.15, 0.2) is 47.5 Å². The van der Waals surface area contributed by atoms with E-state index in [0.29, 0.717) is 18.7 Å². The predicted molar refractivity (Wildman–Crippen MR) is 87.2 cm³/mol. The molecule has 2 rings (SSSR count). The van der Waals surface area contributed by atoms with Crippen molar-refractivity contribution in [1.29, 1.82) is 0 Å². The van der Waals surface area contributed by atoms with E-state index >= 15 is 0 Å². The summed E-state index contributed by atoms with van der Waals surface area (Å²) in [6.45, 7) is 2.53. The topological polar surface area (TPSA) is 59.6 Å². The molecule has 0 unspecified atom stereocenters. The number of halogens is 1. The fourth-order valence-electron chi connectivity index (χ4n) is 2.01. The normalized spacial score (nSPS) is 11.5. The number of nitrogens with one attached hydrogen (secondary N) is 1. The number of guanidine groups is 1. The quantitative estimate of drug-likeness (QED) is 0.658. The molecule has 0 amide bonds. The molecule has 0 atom stereocenters. The highest BCUT2D eigenvalue weighted by atomic mass is 19.1. The lowest BCUT2D eigenvalue weighted by Gasteiger charge is -2.11. The monoisotopic (exact) mass is 301 g/mol. The standard InChI is InChI=1S/C17H20FN3O/c1-12-7-8-13(9-15(12)18)10-20-17(19)21-16-6-4-3-5-14(16)11-22-2/h3-9H,10-11H2,1-2H3,(H3,19,20,21).